The van der Waals surface area contributed by atoms with Crippen LogP contribution in [0.15, 0.2) is 30.5 Å². The number of aromatic nitrogens is 1. The second-order valence-electron chi connectivity index (χ2n) is 4.99. The number of thiazole rings is 1. The van der Waals surface area contributed by atoms with Gasteiger partial charge in [0.2, 0.25) is 11.8 Å². The van der Waals surface area contributed by atoms with Gasteiger partial charge in [0.1, 0.15) is 5.75 Å². The lowest BCUT2D eigenvalue weighted by atomic mass is 10.3. The van der Waals surface area contributed by atoms with Crippen molar-refractivity contribution in [1.82, 2.24) is 4.98 Å². The van der Waals surface area contributed by atoms with Crippen LogP contribution in [-0.4, -0.2) is 23.4 Å². The summed E-state index contributed by atoms with van der Waals surface area (Å²) in [5.41, 5.74) is 0.687. The molecule has 7 heteroatoms. The molecule has 2 rings (SSSR count). The lowest BCUT2D eigenvalue weighted by molar-refractivity contribution is -0.116. The van der Waals surface area contributed by atoms with Crippen LogP contribution < -0.4 is 15.4 Å². The van der Waals surface area contributed by atoms with Gasteiger partial charge in [0, 0.05) is 36.2 Å². The molecule has 122 valence electrons. The van der Waals surface area contributed by atoms with Crippen molar-refractivity contribution in [3.05, 3.63) is 35.3 Å². The molecule has 2 N–H and O–H groups in total. The summed E-state index contributed by atoms with van der Waals surface area (Å²) in [6.45, 7) is 3.82. The number of nitrogens with zero attached hydrogens (tertiary/aromatic N) is 1. The molecular formula is C16H19N3O3S. The molecule has 0 aliphatic carbocycles. The number of hydrogen-bond acceptors (Lipinski definition) is 5. The Balaban J connectivity index is 1.70. The fraction of sp³-hybridized carbons (Fsp3) is 0.312. The predicted molar refractivity (Wildman–Crippen MR) is 91.0 cm³/mol. The zero-order valence-electron chi connectivity index (χ0n) is 13.1. The monoisotopic (exact) mass is 333 g/mol. The van der Waals surface area contributed by atoms with Crippen molar-refractivity contribution in [2.45, 2.75) is 26.7 Å². The van der Waals surface area contributed by atoms with Crippen LogP contribution in [0, 0.1) is 6.92 Å². The summed E-state index contributed by atoms with van der Waals surface area (Å²) in [6, 6.07) is 7.15. The highest BCUT2D eigenvalue weighted by Gasteiger charge is 2.05. The molecule has 0 spiro atoms. The minimum atomic E-state index is -0.128. The quantitative estimate of drug-likeness (QED) is 0.763. The number of ether oxygens (including phenoxy) is 1. The van der Waals surface area contributed by atoms with Crippen LogP contribution in [0.25, 0.3) is 0 Å². The molecule has 0 radical (unpaired) electrons. The molecule has 0 unspecified atom stereocenters. The molecule has 0 saturated heterocycles. The average Bonchev–Trinajstić information content (AvgIpc) is 2.88. The summed E-state index contributed by atoms with van der Waals surface area (Å²) in [5, 5.41) is 6.07. The highest BCUT2D eigenvalue weighted by atomic mass is 32.1. The number of hydrogen-bond donors (Lipinski definition) is 2. The number of amides is 2. The Morgan fingerprint density at radius 2 is 2.13 bits per heavy atom. The van der Waals surface area contributed by atoms with E-state index in [4.69, 9.17) is 4.74 Å². The van der Waals surface area contributed by atoms with Crippen LogP contribution in [0.5, 0.6) is 5.75 Å². The SMILES string of the molecule is CC(=O)Nc1cccc(OCCCC(=O)Nc2ncc(C)s2)c1. The summed E-state index contributed by atoms with van der Waals surface area (Å²) in [5.74, 6) is 0.457. The molecule has 1 heterocycles. The standard InChI is InChI=1S/C16H19N3O3S/c1-11-10-17-16(23-11)19-15(21)7-4-8-22-14-6-3-5-13(9-14)18-12(2)20/h3,5-6,9-10H,4,7-8H2,1-2H3,(H,18,20)(H,17,19,21). The Bertz CT molecular complexity index is 685. The molecule has 0 atom stereocenters. The average molecular weight is 333 g/mol. The van der Waals surface area contributed by atoms with Gasteiger partial charge in [-0.2, -0.15) is 0 Å². The number of anilines is 2. The molecule has 0 aliphatic heterocycles. The van der Waals surface area contributed by atoms with E-state index >= 15 is 0 Å². The molecule has 23 heavy (non-hydrogen) atoms. The smallest absolute Gasteiger partial charge is 0.226 e. The van der Waals surface area contributed by atoms with Crippen LogP contribution in [-0.2, 0) is 9.59 Å². The van der Waals surface area contributed by atoms with Crippen molar-refractivity contribution in [2.24, 2.45) is 0 Å². The first-order valence-electron chi connectivity index (χ1n) is 7.25. The third kappa shape index (κ3) is 6.07. The topological polar surface area (TPSA) is 80.3 Å². The van der Waals surface area contributed by atoms with E-state index < -0.39 is 0 Å². The van der Waals surface area contributed by atoms with Crippen LogP contribution >= 0.6 is 11.3 Å². The number of nitrogens with one attached hydrogen (secondary N) is 2. The first-order valence-corrected chi connectivity index (χ1v) is 8.07. The highest BCUT2D eigenvalue weighted by Crippen LogP contribution is 2.18. The van der Waals surface area contributed by atoms with Gasteiger partial charge < -0.3 is 15.4 Å². The fourth-order valence-corrected chi connectivity index (χ4v) is 2.56. The van der Waals surface area contributed by atoms with Crippen molar-refractivity contribution in [1.29, 1.82) is 0 Å². The molecule has 0 saturated carbocycles. The van der Waals surface area contributed by atoms with Crippen molar-refractivity contribution in [3.63, 3.8) is 0 Å². The zero-order chi connectivity index (χ0) is 16.7. The van der Waals surface area contributed by atoms with Gasteiger partial charge in [-0.25, -0.2) is 4.98 Å². The van der Waals surface area contributed by atoms with E-state index in [1.165, 1.54) is 18.3 Å². The van der Waals surface area contributed by atoms with Gasteiger partial charge in [0.05, 0.1) is 6.61 Å². The molecule has 1 aromatic heterocycles. The van der Waals surface area contributed by atoms with Gasteiger partial charge in [-0.15, -0.1) is 11.3 Å². The summed E-state index contributed by atoms with van der Waals surface area (Å²) in [7, 11) is 0. The predicted octanol–water partition coefficient (Wildman–Crippen LogP) is 3.21. The minimum absolute atomic E-state index is 0.0741. The zero-order valence-corrected chi connectivity index (χ0v) is 13.9. The molecule has 0 bridgehead atoms. The lowest BCUT2D eigenvalue weighted by Gasteiger charge is -2.08. The molecule has 0 fully saturated rings. The minimum Gasteiger partial charge on any atom is -0.494 e. The molecular weight excluding hydrogens is 314 g/mol. The van der Waals surface area contributed by atoms with Gasteiger partial charge in [-0.3, -0.25) is 9.59 Å². The summed E-state index contributed by atoms with van der Waals surface area (Å²) < 4.78 is 5.59. The van der Waals surface area contributed by atoms with Crippen LogP contribution in [0.2, 0.25) is 0 Å². The summed E-state index contributed by atoms with van der Waals surface area (Å²) in [4.78, 5) is 27.9. The maximum atomic E-state index is 11.8. The van der Waals surface area contributed by atoms with Gasteiger partial charge in [0.25, 0.3) is 0 Å². The number of rotatable bonds is 7. The molecule has 0 aliphatic rings. The van der Waals surface area contributed by atoms with Gasteiger partial charge in [-0.05, 0) is 25.5 Å². The Hall–Kier alpha value is -2.41. The highest BCUT2D eigenvalue weighted by molar-refractivity contribution is 7.15. The second-order valence-corrected chi connectivity index (χ2v) is 6.22. The first-order chi connectivity index (χ1) is 11.0. The van der Waals surface area contributed by atoms with Gasteiger partial charge >= 0.3 is 0 Å². The normalized spacial score (nSPS) is 10.2. The third-order valence-electron chi connectivity index (χ3n) is 2.84. The maximum absolute atomic E-state index is 11.8. The Kier molecular flexibility index (Phi) is 6.10. The first kappa shape index (κ1) is 17.0. The number of aryl methyl sites for hydroxylation is 1. The van der Waals surface area contributed by atoms with Gasteiger partial charge in [-0.1, -0.05) is 6.07 Å². The Morgan fingerprint density at radius 1 is 1.30 bits per heavy atom. The van der Waals surface area contributed by atoms with E-state index in [1.807, 2.05) is 13.0 Å². The van der Waals surface area contributed by atoms with E-state index in [0.29, 0.717) is 36.0 Å². The Labute approximate surface area is 138 Å². The van der Waals surface area contributed by atoms with E-state index in [9.17, 15) is 9.59 Å². The molecule has 6 nitrogen and oxygen atoms in total. The van der Waals surface area contributed by atoms with Crippen LogP contribution in [0.1, 0.15) is 24.6 Å². The van der Waals surface area contributed by atoms with Crippen molar-refractivity contribution < 1.29 is 14.3 Å². The van der Waals surface area contributed by atoms with Crippen LogP contribution in [0.3, 0.4) is 0 Å². The van der Waals surface area contributed by atoms with E-state index in [-0.39, 0.29) is 11.8 Å². The lowest BCUT2D eigenvalue weighted by Crippen LogP contribution is -2.12. The second kappa shape index (κ2) is 8.28. The number of carbonyl (C=O) groups excluding carboxylic acids is 2. The largest absolute Gasteiger partial charge is 0.494 e. The van der Waals surface area contributed by atoms with E-state index in [2.05, 4.69) is 15.6 Å². The van der Waals surface area contributed by atoms with E-state index in [1.54, 1.807) is 24.4 Å². The van der Waals surface area contributed by atoms with Crippen molar-refractivity contribution >= 4 is 34.0 Å². The summed E-state index contributed by atoms with van der Waals surface area (Å²) in [6.07, 6.45) is 2.69. The van der Waals surface area contributed by atoms with Crippen molar-refractivity contribution in [2.75, 3.05) is 17.2 Å². The van der Waals surface area contributed by atoms with Gasteiger partial charge in [0.15, 0.2) is 5.13 Å². The third-order valence-corrected chi connectivity index (χ3v) is 3.67. The molecule has 2 amide bonds. The maximum Gasteiger partial charge on any atom is 0.226 e. The Morgan fingerprint density at radius 3 is 2.83 bits per heavy atom. The summed E-state index contributed by atoms with van der Waals surface area (Å²) >= 11 is 1.45. The fourth-order valence-electron chi connectivity index (χ4n) is 1.88. The van der Waals surface area contributed by atoms with Crippen LogP contribution in [0.4, 0.5) is 10.8 Å². The van der Waals surface area contributed by atoms with Crippen molar-refractivity contribution in [3.8, 4) is 5.75 Å². The van der Waals surface area contributed by atoms with E-state index in [0.717, 1.165) is 4.88 Å². The molecule has 2 aromatic rings. The molecule has 1 aromatic carbocycles. The number of carbonyl (C=O) groups is 2. The number of benzene rings is 1.